The largest absolute Gasteiger partial charge is 0.480 e. The molecule has 0 saturated heterocycles. The molecule has 13 heavy (non-hydrogen) atoms. The van der Waals surface area contributed by atoms with E-state index >= 15 is 0 Å². The number of hydrogen-bond donors (Lipinski definition) is 0. The average molecular weight is 219 g/mol. The maximum Gasteiger partial charge on any atom is 0.160 e. The number of halogens is 2. The van der Waals surface area contributed by atoms with Crippen molar-refractivity contribution in [3.63, 3.8) is 0 Å². The molecule has 70 valence electrons. The molecule has 0 saturated carbocycles. The topological polar surface area (TPSA) is 26.3 Å². The Hall–Kier alpha value is -0.730. The zero-order chi connectivity index (χ0) is 9.84. The molecule has 0 heterocycles. The molecule has 0 aromatic heterocycles. The summed E-state index contributed by atoms with van der Waals surface area (Å²) < 4.78 is 5.19. The monoisotopic (exact) mass is 218 g/mol. The van der Waals surface area contributed by atoms with Crippen LogP contribution in [0.5, 0.6) is 5.75 Å². The Balaban J connectivity index is 2.93. The van der Waals surface area contributed by atoms with E-state index in [1.54, 1.807) is 25.1 Å². The van der Waals surface area contributed by atoms with Crippen molar-refractivity contribution in [2.24, 2.45) is 0 Å². The lowest BCUT2D eigenvalue weighted by Gasteiger charge is -2.11. The lowest BCUT2D eigenvalue weighted by molar-refractivity contribution is -0.113. The highest BCUT2D eigenvalue weighted by Gasteiger charge is 2.09. The van der Waals surface area contributed by atoms with Gasteiger partial charge in [-0.1, -0.05) is 29.3 Å². The molecule has 1 aromatic carbocycles. The average Bonchev–Trinajstić information content (AvgIpc) is 2.11. The summed E-state index contributed by atoms with van der Waals surface area (Å²) in [5, 5.41) is 0.808. The predicted octanol–water partition coefficient (Wildman–Crippen LogP) is 2.96. The van der Waals surface area contributed by atoms with Crippen molar-refractivity contribution in [3.05, 3.63) is 28.2 Å². The van der Waals surface area contributed by atoms with E-state index in [0.717, 1.165) is 0 Å². The fourth-order valence-electron chi connectivity index (χ4n) is 0.809. The molecule has 1 rings (SSSR count). The first-order valence-corrected chi connectivity index (χ1v) is 4.46. The normalized spacial score (nSPS) is 12.2. The van der Waals surface area contributed by atoms with Crippen molar-refractivity contribution in [1.29, 1.82) is 0 Å². The van der Waals surface area contributed by atoms with Gasteiger partial charge in [-0.2, -0.15) is 0 Å². The Morgan fingerprint density at radius 3 is 2.38 bits per heavy atom. The number of carbonyl (C=O) groups excluding carboxylic acids is 1. The van der Waals surface area contributed by atoms with Crippen molar-refractivity contribution >= 4 is 29.5 Å². The maximum absolute atomic E-state index is 10.3. The number of benzene rings is 1. The number of rotatable bonds is 3. The zero-order valence-electron chi connectivity index (χ0n) is 6.96. The van der Waals surface area contributed by atoms with Crippen LogP contribution in [0.25, 0.3) is 0 Å². The summed E-state index contributed by atoms with van der Waals surface area (Å²) in [6.07, 6.45) is 0.136. The fourth-order valence-corrected chi connectivity index (χ4v) is 1.30. The minimum absolute atomic E-state index is 0.352. The fraction of sp³-hybridized carbons (Fsp3) is 0.222. The molecule has 0 bridgehead atoms. The summed E-state index contributed by atoms with van der Waals surface area (Å²) in [6, 6.07) is 5.02. The van der Waals surface area contributed by atoms with Crippen LogP contribution in [-0.4, -0.2) is 12.4 Å². The van der Waals surface area contributed by atoms with Crippen LogP contribution in [0.4, 0.5) is 0 Å². The Morgan fingerprint density at radius 1 is 1.38 bits per heavy atom. The Labute approximate surface area is 86.4 Å². The summed E-state index contributed by atoms with van der Waals surface area (Å²) in [6.45, 7) is 1.62. The van der Waals surface area contributed by atoms with E-state index < -0.39 is 6.10 Å². The molecule has 0 N–H and O–H groups in total. The molecule has 1 unspecified atom stereocenters. The van der Waals surface area contributed by atoms with Gasteiger partial charge < -0.3 is 4.74 Å². The molecular weight excluding hydrogens is 211 g/mol. The van der Waals surface area contributed by atoms with E-state index in [1.165, 1.54) is 0 Å². The van der Waals surface area contributed by atoms with E-state index in [2.05, 4.69) is 0 Å². The molecule has 0 aliphatic carbocycles. The smallest absolute Gasteiger partial charge is 0.160 e. The maximum atomic E-state index is 10.3. The van der Waals surface area contributed by atoms with Crippen LogP contribution in [0.3, 0.4) is 0 Å². The van der Waals surface area contributed by atoms with Crippen molar-refractivity contribution < 1.29 is 9.53 Å². The van der Waals surface area contributed by atoms with Gasteiger partial charge in [0.25, 0.3) is 0 Å². The molecule has 0 radical (unpaired) electrons. The van der Waals surface area contributed by atoms with Gasteiger partial charge in [-0.15, -0.1) is 0 Å². The summed E-state index contributed by atoms with van der Waals surface area (Å²) >= 11 is 11.6. The van der Waals surface area contributed by atoms with Gasteiger partial charge in [0.1, 0.15) is 0 Å². The van der Waals surface area contributed by atoms with Crippen LogP contribution < -0.4 is 4.74 Å². The number of para-hydroxylation sites is 1. The van der Waals surface area contributed by atoms with E-state index in [0.29, 0.717) is 22.1 Å². The highest BCUT2D eigenvalue weighted by atomic mass is 35.5. The van der Waals surface area contributed by atoms with Gasteiger partial charge in [0.05, 0.1) is 10.0 Å². The van der Waals surface area contributed by atoms with E-state index in [1.807, 2.05) is 0 Å². The van der Waals surface area contributed by atoms with Gasteiger partial charge in [-0.05, 0) is 19.1 Å². The second-order valence-corrected chi connectivity index (χ2v) is 3.32. The van der Waals surface area contributed by atoms with Crippen molar-refractivity contribution in [3.8, 4) is 5.75 Å². The van der Waals surface area contributed by atoms with Gasteiger partial charge in [0.15, 0.2) is 18.1 Å². The molecule has 0 spiro atoms. The highest BCUT2D eigenvalue weighted by molar-refractivity contribution is 6.37. The Bertz CT molecular complexity index is 292. The minimum atomic E-state index is -0.544. The number of aldehydes is 1. The Morgan fingerprint density at radius 2 is 1.92 bits per heavy atom. The van der Waals surface area contributed by atoms with Crippen molar-refractivity contribution in [1.82, 2.24) is 0 Å². The second kappa shape index (κ2) is 4.49. The summed E-state index contributed by atoms with van der Waals surface area (Å²) in [7, 11) is 0. The lowest BCUT2D eigenvalue weighted by Crippen LogP contribution is -2.13. The third-order valence-corrected chi connectivity index (χ3v) is 2.01. The Kier molecular flexibility index (Phi) is 3.58. The quantitative estimate of drug-likeness (QED) is 0.730. The predicted molar refractivity (Wildman–Crippen MR) is 52.6 cm³/mol. The zero-order valence-corrected chi connectivity index (χ0v) is 8.47. The molecule has 0 amide bonds. The summed E-state index contributed by atoms with van der Waals surface area (Å²) in [4.78, 5) is 10.3. The van der Waals surface area contributed by atoms with Gasteiger partial charge in [-0.3, -0.25) is 4.79 Å². The molecule has 0 fully saturated rings. The van der Waals surface area contributed by atoms with Gasteiger partial charge in [0, 0.05) is 0 Å². The SMILES string of the molecule is CC(C=O)Oc1c(Cl)cccc1Cl. The van der Waals surface area contributed by atoms with Crippen LogP contribution in [0.2, 0.25) is 10.0 Å². The molecule has 0 aliphatic heterocycles. The molecule has 0 aliphatic rings. The standard InChI is InChI=1S/C9H8Cl2O2/c1-6(5-12)13-9-7(10)3-2-4-8(9)11/h2-6H,1H3. The van der Waals surface area contributed by atoms with Gasteiger partial charge >= 0.3 is 0 Å². The first-order chi connectivity index (χ1) is 6.15. The van der Waals surface area contributed by atoms with Crippen molar-refractivity contribution in [2.75, 3.05) is 0 Å². The first kappa shape index (κ1) is 10.4. The van der Waals surface area contributed by atoms with Crippen LogP contribution in [0, 0.1) is 0 Å². The van der Waals surface area contributed by atoms with E-state index in [9.17, 15) is 4.79 Å². The molecule has 4 heteroatoms. The van der Waals surface area contributed by atoms with Gasteiger partial charge in [0.2, 0.25) is 0 Å². The van der Waals surface area contributed by atoms with Gasteiger partial charge in [-0.25, -0.2) is 0 Å². The first-order valence-electron chi connectivity index (χ1n) is 3.71. The minimum Gasteiger partial charge on any atom is -0.480 e. The molecule has 1 atom stereocenters. The second-order valence-electron chi connectivity index (χ2n) is 2.51. The molecular formula is C9H8Cl2O2. The lowest BCUT2D eigenvalue weighted by atomic mass is 10.3. The number of hydrogen-bond acceptors (Lipinski definition) is 2. The number of carbonyl (C=O) groups is 1. The third kappa shape index (κ3) is 2.61. The molecule has 2 nitrogen and oxygen atoms in total. The summed E-state index contributed by atoms with van der Waals surface area (Å²) in [5.41, 5.74) is 0. The van der Waals surface area contributed by atoms with E-state index in [-0.39, 0.29) is 0 Å². The van der Waals surface area contributed by atoms with Crippen LogP contribution in [0.15, 0.2) is 18.2 Å². The number of ether oxygens (including phenoxy) is 1. The molecule has 1 aromatic rings. The summed E-state index contributed by atoms with van der Waals surface area (Å²) in [5.74, 6) is 0.352. The van der Waals surface area contributed by atoms with Crippen LogP contribution in [0.1, 0.15) is 6.92 Å². The van der Waals surface area contributed by atoms with Crippen LogP contribution in [-0.2, 0) is 4.79 Å². The van der Waals surface area contributed by atoms with E-state index in [4.69, 9.17) is 27.9 Å². The highest BCUT2D eigenvalue weighted by Crippen LogP contribution is 2.32. The van der Waals surface area contributed by atoms with Crippen molar-refractivity contribution in [2.45, 2.75) is 13.0 Å². The van der Waals surface area contributed by atoms with Crippen LogP contribution >= 0.6 is 23.2 Å². The third-order valence-electron chi connectivity index (χ3n) is 1.41.